The molecule has 0 radical (unpaired) electrons. The van der Waals surface area contributed by atoms with Crippen LogP contribution in [0.15, 0.2) is 53.0 Å². The highest BCUT2D eigenvalue weighted by Crippen LogP contribution is 2.15. The van der Waals surface area contributed by atoms with E-state index in [9.17, 15) is 9.18 Å². The summed E-state index contributed by atoms with van der Waals surface area (Å²) in [5.41, 5.74) is 1.43. The van der Waals surface area contributed by atoms with E-state index in [4.69, 9.17) is 0 Å². The predicted molar refractivity (Wildman–Crippen MR) is 82.3 cm³/mol. The Bertz CT molecular complexity index is 584. The van der Waals surface area contributed by atoms with Crippen molar-refractivity contribution in [2.75, 3.05) is 10.6 Å². The Morgan fingerprint density at radius 1 is 1.05 bits per heavy atom. The Labute approximate surface area is 125 Å². The molecule has 2 rings (SSSR count). The van der Waals surface area contributed by atoms with Crippen molar-refractivity contribution in [3.05, 3.63) is 58.8 Å². The standard InChI is InChI=1S/C15H14BrFN2O/c1-10(18-13-8-4-12(17)5-9-13)15(20)19-14-6-2-11(16)3-7-14/h2-10,18H,1H3,(H,19,20)/t10-/m0/s1. The molecular formula is C15H14BrFN2O. The van der Waals surface area contributed by atoms with Crippen LogP contribution in [-0.4, -0.2) is 11.9 Å². The quantitative estimate of drug-likeness (QED) is 0.885. The van der Waals surface area contributed by atoms with Crippen LogP contribution >= 0.6 is 15.9 Å². The fourth-order valence-electron chi connectivity index (χ4n) is 1.65. The molecule has 0 aliphatic rings. The van der Waals surface area contributed by atoms with Crippen LogP contribution in [0.4, 0.5) is 15.8 Å². The third-order valence-corrected chi connectivity index (χ3v) is 3.26. The first kappa shape index (κ1) is 14.5. The number of nitrogens with one attached hydrogen (secondary N) is 2. The van der Waals surface area contributed by atoms with Crippen LogP contribution in [0.5, 0.6) is 0 Å². The molecule has 3 nitrogen and oxygen atoms in total. The van der Waals surface area contributed by atoms with Crippen molar-refractivity contribution >= 4 is 33.2 Å². The zero-order valence-electron chi connectivity index (χ0n) is 10.9. The van der Waals surface area contributed by atoms with E-state index in [1.54, 1.807) is 19.1 Å². The number of carbonyl (C=O) groups is 1. The normalized spacial score (nSPS) is 11.8. The van der Waals surface area contributed by atoms with E-state index >= 15 is 0 Å². The van der Waals surface area contributed by atoms with Crippen molar-refractivity contribution in [1.82, 2.24) is 0 Å². The Morgan fingerprint density at radius 3 is 2.20 bits per heavy atom. The highest BCUT2D eigenvalue weighted by atomic mass is 79.9. The van der Waals surface area contributed by atoms with E-state index in [0.29, 0.717) is 5.69 Å². The van der Waals surface area contributed by atoms with E-state index in [2.05, 4.69) is 26.6 Å². The Balaban J connectivity index is 1.94. The van der Waals surface area contributed by atoms with Crippen LogP contribution in [0.25, 0.3) is 0 Å². The van der Waals surface area contributed by atoms with Gasteiger partial charge in [-0.1, -0.05) is 15.9 Å². The SMILES string of the molecule is C[C@H](Nc1ccc(F)cc1)C(=O)Nc1ccc(Br)cc1. The maximum Gasteiger partial charge on any atom is 0.246 e. The lowest BCUT2D eigenvalue weighted by Gasteiger charge is -2.15. The van der Waals surface area contributed by atoms with Crippen molar-refractivity contribution in [2.24, 2.45) is 0 Å². The van der Waals surface area contributed by atoms with Crippen molar-refractivity contribution in [3.8, 4) is 0 Å². The van der Waals surface area contributed by atoms with Crippen LogP contribution in [0, 0.1) is 5.82 Å². The van der Waals surface area contributed by atoms with Crippen molar-refractivity contribution in [3.63, 3.8) is 0 Å². The number of amides is 1. The van der Waals surface area contributed by atoms with Crippen LogP contribution in [0.2, 0.25) is 0 Å². The van der Waals surface area contributed by atoms with Crippen LogP contribution < -0.4 is 10.6 Å². The summed E-state index contributed by atoms with van der Waals surface area (Å²) in [6.45, 7) is 1.75. The van der Waals surface area contributed by atoms with Gasteiger partial charge >= 0.3 is 0 Å². The minimum absolute atomic E-state index is 0.156. The van der Waals surface area contributed by atoms with Gasteiger partial charge in [0.05, 0.1) is 0 Å². The molecule has 2 aromatic rings. The highest BCUT2D eigenvalue weighted by Gasteiger charge is 2.12. The van der Waals surface area contributed by atoms with Crippen molar-refractivity contribution in [2.45, 2.75) is 13.0 Å². The maximum absolute atomic E-state index is 12.8. The molecular weight excluding hydrogens is 323 g/mol. The van der Waals surface area contributed by atoms with Gasteiger partial charge in [0.1, 0.15) is 11.9 Å². The molecule has 0 saturated carbocycles. The lowest BCUT2D eigenvalue weighted by atomic mass is 10.2. The van der Waals surface area contributed by atoms with E-state index in [0.717, 1.165) is 10.2 Å². The number of hydrogen-bond acceptors (Lipinski definition) is 2. The summed E-state index contributed by atoms with van der Waals surface area (Å²) < 4.78 is 13.7. The number of anilines is 2. The predicted octanol–water partition coefficient (Wildman–Crippen LogP) is 4.03. The Morgan fingerprint density at radius 2 is 1.60 bits per heavy atom. The minimum atomic E-state index is -0.427. The van der Waals surface area contributed by atoms with Gasteiger partial charge in [0.25, 0.3) is 0 Å². The summed E-state index contributed by atoms with van der Waals surface area (Å²) in [6, 6.07) is 12.8. The first-order valence-electron chi connectivity index (χ1n) is 6.13. The fraction of sp³-hybridized carbons (Fsp3) is 0.133. The molecule has 0 aromatic heterocycles. The maximum atomic E-state index is 12.8. The van der Waals surface area contributed by atoms with Gasteiger partial charge in [-0.3, -0.25) is 4.79 Å². The molecule has 0 spiro atoms. The number of rotatable bonds is 4. The van der Waals surface area contributed by atoms with E-state index in [1.165, 1.54) is 12.1 Å². The van der Waals surface area contributed by atoms with Crippen LogP contribution in [-0.2, 0) is 4.79 Å². The average molecular weight is 337 g/mol. The highest BCUT2D eigenvalue weighted by molar-refractivity contribution is 9.10. The van der Waals surface area contributed by atoms with Crippen LogP contribution in [0.3, 0.4) is 0 Å². The smallest absolute Gasteiger partial charge is 0.246 e. The molecule has 0 saturated heterocycles. The van der Waals surface area contributed by atoms with Gasteiger partial charge in [-0.2, -0.15) is 0 Å². The summed E-state index contributed by atoms with van der Waals surface area (Å²) in [4.78, 5) is 12.0. The Hall–Kier alpha value is -1.88. The summed E-state index contributed by atoms with van der Waals surface area (Å²) in [5.74, 6) is -0.459. The molecule has 5 heteroatoms. The van der Waals surface area contributed by atoms with Gasteiger partial charge < -0.3 is 10.6 Å². The van der Waals surface area contributed by atoms with E-state index < -0.39 is 6.04 Å². The van der Waals surface area contributed by atoms with E-state index in [1.807, 2.05) is 24.3 Å². The van der Waals surface area contributed by atoms with Gasteiger partial charge in [-0.05, 0) is 55.5 Å². The third-order valence-electron chi connectivity index (χ3n) is 2.73. The Kier molecular flexibility index (Phi) is 4.74. The number of benzene rings is 2. The van der Waals surface area contributed by atoms with Gasteiger partial charge in [0.15, 0.2) is 0 Å². The van der Waals surface area contributed by atoms with Crippen molar-refractivity contribution < 1.29 is 9.18 Å². The lowest BCUT2D eigenvalue weighted by Crippen LogP contribution is -2.31. The minimum Gasteiger partial charge on any atom is -0.374 e. The van der Waals surface area contributed by atoms with Gasteiger partial charge in [-0.15, -0.1) is 0 Å². The molecule has 0 heterocycles. The third kappa shape index (κ3) is 4.06. The lowest BCUT2D eigenvalue weighted by molar-refractivity contribution is -0.116. The second kappa shape index (κ2) is 6.52. The molecule has 1 amide bonds. The number of hydrogen-bond donors (Lipinski definition) is 2. The molecule has 20 heavy (non-hydrogen) atoms. The van der Waals surface area contributed by atoms with Gasteiger partial charge in [0.2, 0.25) is 5.91 Å². The molecule has 0 bridgehead atoms. The average Bonchev–Trinajstić information content (AvgIpc) is 2.44. The number of halogens is 2. The molecule has 0 aliphatic heterocycles. The molecule has 2 aromatic carbocycles. The monoisotopic (exact) mass is 336 g/mol. The second-order valence-corrected chi connectivity index (χ2v) is 5.28. The largest absolute Gasteiger partial charge is 0.374 e. The van der Waals surface area contributed by atoms with Crippen LogP contribution in [0.1, 0.15) is 6.92 Å². The molecule has 104 valence electrons. The van der Waals surface area contributed by atoms with Crippen molar-refractivity contribution in [1.29, 1.82) is 0 Å². The number of carbonyl (C=O) groups excluding carboxylic acids is 1. The van der Waals surface area contributed by atoms with Gasteiger partial charge in [0, 0.05) is 15.8 Å². The van der Waals surface area contributed by atoms with Gasteiger partial charge in [-0.25, -0.2) is 4.39 Å². The summed E-state index contributed by atoms with van der Waals surface area (Å²) in [7, 11) is 0. The second-order valence-electron chi connectivity index (χ2n) is 4.37. The molecule has 2 N–H and O–H groups in total. The molecule has 0 fully saturated rings. The fourth-order valence-corrected chi connectivity index (χ4v) is 1.91. The topological polar surface area (TPSA) is 41.1 Å². The first-order chi connectivity index (χ1) is 9.54. The first-order valence-corrected chi connectivity index (χ1v) is 6.92. The molecule has 0 unspecified atom stereocenters. The summed E-state index contributed by atoms with van der Waals surface area (Å²) in [5, 5.41) is 5.82. The molecule has 1 atom stereocenters. The zero-order valence-corrected chi connectivity index (χ0v) is 12.4. The zero-order chi connectivity index (χ0) is 14.5. The van der Waals surface area contributed by atoms with E-state index in [-0.39, 0.29) is 11.7 Å². The summed E-state index contributed by atoms with van der Waals surface area (Å²) in [6.07, 6.45) is 0. The summed E-state index contributed by atoms with van der Waals surface area (Å²) >= 11 is 3.33. The molecule has 0 aliphatic carbocycles.